The molecule has 0 aliphatic carbocycles. The smallest absolute Gasteiger partial charge is 0.332 e. The van der Waals surface area contributed by atoms with E-state index in [4.69, 9.17) is 15.2 Å². The maximum atomic E-state index is 13.7. The van der Waals surface area contributed by atoms with Gasteiger partial charge in [-0.15, -0.1) is 0 Å². The number of hydrogen-bond donors (Lipinski definition) is 3. The van der Waals surface area contributed by atoms with Gasteiger partial charge in [0.25, 0.3) is 0 Å². The van der Waals surface area contributed by atoms with Crippen LogP contribution in [0.15, 0.2) is 73.1 Å². The zero-order chi connectivity index (χ0) is 24.4. The molecule has 0 spiro atoms. The monoisotopic (exact) mass is 468 g/mol. The molecule has 0 bridgehead atoms. The number of nitrogens with zero attached hydrogens (tertiary/aromatic N) is 3. The van der Waals surface area contributed by atoms with Crippen molar-refractivity contribution in [1.82, 2.24) is 9.97 Å². The first kappa shape index (κ1) is 22.0. The van der Waals surface area contributed by atoms with Crippen LogP contribution in [0.25, 0.3) is 0 Å². The molecule has 5 rings (SSSR count). The van der Waals surface area contributed by atoms with E-state index in [9.17, 15) is 4.79 Å². The predicted octanol–water partition coefficient (Wildman–Crippen LogP) is 5.52. The number of benzene rings is 3. The minimum atomic E-state index is -0.376. The molecule has 9 heteroatoms. The fraction of sp³-hybridized carbons (Fsp3) is 0.115. The molecule has 0 atom stereocenters. The third-order valence-electron chi connectivity index (χ3n) is 5.60. The van der Waals surface area contributed by atoms with Gasteiger partial charge in [-0.25, -0.2) is 19.7 Å². The third kappa shape index (κ3) is 4.65. The number of nitrogen functional groups attached to an aromatic ring is 1. The first-order valence-corrected chi connectivity index (χ1v) is 11.0. The molecular weight excluding hydrogens is 444 g/mol. The predicted molar refractivity (Wildman–Crippen MR) is 136 cm³/mol. The number of amides is 2. The summed E-state index contributed by atoms with van der Waals surface area (Å²) in [5.74, 6) is 2.07. The Bertz CT molecular complexity index is 1370. The fourth-order valence-corrected chi connectivity index (χ4v) is 3.80. The summed E-state index contributed by atoms with van der Waals surface area (Å²) in [4.78, 5) is 23.9. The first-order valence-electron chi connectivity index (χ1n) is 11.0. The Labute approximate surface area is 202 Å². The van der Waals surface area contributed by atoms with Crippen molar-refractivity contribution in [3.8, 4) is 11.5 Å². The number of nitrogens with two attached hydrogens (primary N) is 1. The number of para-hydroxylation sites is 1. The Hall–Kier alpha value is -4.79. The zero-order valence-electron chi connectivity index (χ0n) is 19.3. The van der Waals surface area contributed by atoms with Crippen molar-refractivity contribution < 1.29 is 14.3 Å². The van der Waals surface area contributed by atoms with Gasteiger partial charge in [0.2, 0.25) is 6.79 Å². The van der Waals surface area contributed by atoms with E-state index in [0.29, 0.717) is 34.5 Å². The summed E-state index contributed by atoms with van der Waals surface area (Å²) >= 11 is 0. The van der Waals surface area contributed by atoms with Crippen molar-refractivity contribution in [2.24, 2.45) is 0 Å². The van der Waals surface area contributed by atoms with Crippen molar-refractivity contribution in [1.29, 1.82) is 0 Å². The number of carbonyl (C=O) groups is 1. The molecule has 176 valence electrons. The van der Waals surface area contributed by atoms with Crippen LogP contribution in [0.3, 0.4) is 0 Å². The first-order chi connectivity index (χ1) is 17.0. The second kappa shape index (κ2) is 9.22. The maximum Gasteiger partial charge on any atom is 0.332 e. The number of fused-ring (bicyclic) bond motifs is 1. The molecule has 0 saturated heterocycles. The van der Waals surface area contributed by atoms with E-state index in [-0.39, 0.29) is 12.8 Å². The molecule has 9 nitrogen and oxygen atoms in total. The average Bonchev–Trinajstić information content (AvgIpc) is 3.32. The summed E-state index contributed by atoms with van der Waals surface area (Å²) < 4.78 is 11.0. The van der Waals surface area contributed by atoms with E-state index in [1.807, 2.05) is 44.2 Å². The van der Waals surface area contributed by atoms with Crippen LogP contribution in [-0.2, 0) is 0 Å². The lowest BCUT2D eigenvalue weighted by Crippen LogP contribution is -2.32. The molecule has 0 fully saturated rings. The van der Waals surface area contributed by atoms with Crippen LogP contribution in [0.5, 0.6) is 11.5 Å². The molecule has 0 saturated carbocycles. The van der Waals surface area contributed by atoms with E-state index in [1.54, 1.807) is 36.4 Å². The fourth-order valence-electron chi connectivity index (χ4n) is 3.80. The number of hydrogen-bond acceptors (Lipinski definition) is 7. The Morgan fingerprint density at radius 1 is 0.943 bits per heavy atom. The van der Waals surface area contributed by atoms with Crippen LogP contribution in [0.2, 0.25) is 0 Å². The summed E-state index contributed by atoms with van der Waals surface area (Å²) in [5.41, 5.74) is 10.5. The highest BCUT2D eigenvalue weighted by molar-refractivity contribution is 6.07. The van der Waals surface area contributed by atoms with Crippen molar-refractivity contribution >= 4 is 40.4 Å². The molecule has 3 aromatic carbocycles. The lowest BCUT2D eigenvalue weighted by atomic mass is 10.1. The average molecular weight is 469 g/mol. The van der Waals surface area contributed by atoms with Crippen LogP contribution in [-0.4, -0.2) is 22.8 Å². The maximum absolute atomic E-state index is 13.7. The van der Waals surface area contributed by atoms with Gasteiger partial charge in [-0.1, -0.05) is 18.2 Å². The molecule has 2 amide bonds. The van der Waals surface area contributed by atoms with Gasteiger partial charge in [0.05, 0.1) is 5.69 Å². The number of nitrogens with one attached hydrogen (secondary N) is 2. The largest absolute Gasteiger partial charge is 0.454 e. The quantitative estimate of drug-likeness (QED) is 0.331. The van der Waals surface area contributed by atoms with Crippen LogP contribution in [0.4, 0.5) is 39.2 Å². The normalized spacial score (nSPS) is 11.7. The number of ether oxygens (including phenoxy) is 2. The van der Waals surface area contributed by atoms with E-state index in [2.05, 4.69) is 20.6 Å². The van der Waals surface area contributed by atoms with Gasteiger partial charge in [-0.05, 0) is 61.4 Å². The molecule has 35 heavy (non-hydrogen) atoms. The van der Waals surface area contributed by atoms with Crippen LogP contribution in [0.1, 0.15) is 11.1 Å². The van der Waals surface area contributed by atoms with Gasteiger partial charge in [-0.2, -0.15) is 0 Å². The lowest BCUT2D eigenvalue weighted by molar-refractivity contribution is 0.174. The van der Waals surface area contributed by atoms with Crippen molar-refractivity contribution in [3.63, 3.8) is 0 Å². The molecule has 1 aliphatic heterocycles. The second-order valence-electron chi connectivity index (χ2n) is 8.08. The summed E-state index contributed by atoms with van der Waals surface area (Å²) in [7, 11) is 0. The van der Waals surface area contributed by atoms with Crippen molar-refractivity contribution in [2.45, 2.75) is 13.8 Å². The topological polar surface area (TPSA) is 115 Å². The van der Waals surface area contributed by atoms with Crippen LogP contribution in [0, 0.1) is 13.8 Å². The highest BCUT2D eigenvalue weighted by Crippen LogP contribution is 2.38. The van der Waals surface area contributed by atoms with E-state index in [1.165, 1.54) is 11.2 Å². The van der Waals surface area contributed by atoms with Crippen molar-refractivity contribution in [3.05, 3.63) is 84.2 Å². The van der Waals surface area contributed by atoms with Gasteiger partial charge in [0.1, 0.15) is 18.0 Å². The van der Waals surface area contributed by atoms with Gasteiger partial charge in [0.15, 0.2) is 11.5 Å². The van der Waals surface area contributed by atoms with E-state index < -0.39 is 0 Å². The van der Waals surface area contributed by atoms with Crippen molar-refractivity contribution in [2.75, 3.05) is 28.1 Å². The van der Waals surface area contributed by atoms with E-state index >= 15 is 0 Å². The Kier molecular flexibility index (Phi) is 5.80. The number of aryl methyl sites for hydroxylation is 2. The van der Waals surface area contributed by atoms with Crippen LogP contribution < -0.4 is 30.7 Å². The Morgan fingerprint density at radius 2 is 1.69 bits per heavy atom. The lowest BCUT2D eigenvalue weighted by Gasteiger charge is -2.24. The van der Waals surface area contributed by atoms with E-state index in [0.717, 1.165) is 22.5 Å². The second-order valence-corrected chi connectivity index (χ2v) is 8.08. The van der Waals surface area contributed by atoms with Gasteiger partial charge < -0.3 is 25.8 Å². The molecule has 0 unspecified atom stereocenters. The third-order valence-corrected chi connectivity index (χ3v) is 5.60. The minimum Gasteiger partial charge on any atom is -0.454 e. The molecule has 4 N–H and O–H groups in total. The number of anilines is 6. The van der Waals surface area contributed by atoms with Crippen LogP contribution >= 0.6 is 0 Å². The highest BCUT2D eigenvalue weighted by atomic mass is 16.7. The summed E-state index contributed by atoms with van der Waals surface area (Å²) in [6, 6.07) is 19.8. The zero-order valence-corrected chi connectivity index (χ0v) is 19.3. The van der Waals surface area contributed by atoms with Gasteiger partial charge >= 0.3 is 6.03 Å². The highest BCUT2D eigenvalue weighted by Gasteiger charge is 2.24. The number of rotatable bonds is 5. The van der Waals surface area contributed by atoms with Gasteiger partial charge in [0, 0.05) is 29.2 Å². The molecule has 1 aliphatic rings. The summed E-state index contributed by atoms with van der Waals surface area (Å²) in [6.07, 6.45) is 1.40. The molecular formula is C26H24N6O3. The summed E-state index contributed by atoms with van der Waals surface area (Å²) in [6.45, 7) is 4.04. The molecule has 2 heterocycles. The minimum absolute atomic E-state index is 0.135. The molecule has 1 aromatic heterocycles. The van der Waals surface area contributed by atoms with Gasteiger partial charge in [-0.3, -0.25) is 0 Å². The number of carbonyl (C=O) groups excluding carboxylic acids is 1. The molecule has 4 aromatic rings. The standard InChI is InChI=1S/C26H24N6O3/c1-16-4-3-5-17(2)25(16)31-26(33)32(20-10-11-21-22(12-20)35-15-34-21)24-13-23(28-14-29-24)30-19-8-6-18(27)7-9-19/h3-14H,15,27H2,1-2H3,(H,31,33)(H,28,29,30). The SMILES string of the molecule is Cc1cccc(C)c1NC(=O)N(c1ccc2c(c1)OCO2)c1cc(Nc2ccc(N)cc2)ncn1. The molecule has 0 radical (unpaired) electrons. The number of aromatic nitrogens is 2. The number of urea groups is 1. The Balaban J connectivity index is 1.52. The Morgan fingerprint density at radius 3 is 2.46 bits per heavy atom. The summed E-state index contributed by atoms with van der Waals surface area (Å²) in [5, 5.41) is 6.26.